The van der Waals surface area contributed by atoms with Crippen molar-refractivity contribution in [2.24, 2.45) is 11.8 Å². The molecule has 1 saturated heterocycles. The Kier molecular flexibility index (Phi) is 3.22. The lowest BCUT2D eigenvalue weighted by Crippen LogP contribution is -2.28. The lowest BCUT2D eigenvalue weighted by atomic mass is 9.79. The molecular formula is C12H21NO. The maximum atomic E-state index is 11.2. The number of carbonyl (C=O) groups excluding carboxylic acids is 1. The maximum absolute atomic E-state index is 11.2. The minimum atomic E-state index is 0.168. The summed E-state index contributed by atoms with van der Waals surface area (Å²) in [4.78, 5) is 11.2. The summed E-state index contributed by atoms with van der Waals surface area (Å²) in [7, 11) is 0. The summed E-state index contributed by atoms with van der Waals surface area (Å²) in [6.07, 6.45) is 8.14. The minimum Gasteiger partial charge on any atom is -0.307 e. The van der Waals surface area contributed by atoms with Crippen LogP contribution in [0.5, 0.6) is 0 Å². The minimum absolute atomic E-state index is 0.168. The predicted octanol–water partition coefficient (Wildman–Crippen LogP) is 2.13. The van der Waals surface area contributed by atoms with Gasteiger partial charge in [-0.2, -0.15) is 0 Å². The normalized spacial score (nSPS) is 34.6. The molecule has 0 amide bonds. The molecule has 1 heterocycles. The van der Waals surface area contributed by atoms with Crippen LogP contribution in [0.3, 0.4) is 0 Å². The first-order valence-corrected chi connectivity index (χ1v) is 6.01. The molecule has 2 heteroatoms. The Morgan fingerprint density at radius 3 is 2.43 bits per heavy atom. The van der Waals surface area contributed by atoms with Crippen molar-refractivity contribution in [2.75, 3.05) is 6.54 Å². The molecule has 2 aliphatic rings. The molecule has 0 radical (unpaired) electrons. The summed E-state index contributed by atoms with van der Waals surface area (Å²) >= 11 is 0. The second kappa shape index (κ2) is 4.43. The molecule has 1 aliphatic heterocycles. The van der Waals surface area contributed by atoms with Crippen LogP contribution in [0.1, 0.15) is 45.4 Å². The average Bonchev–Trinajstić information content (AvgIpc) is 2.68. The zero-order valence-corrected chi connectivity index (χ0v) is 9.09. The van der Waals surface area contributed by atoms with E-state index in [0.29, 0.717) is 5.78 Å². The van der Waals surface area contributed by atoms with Crippen LogP contribution >= 0.6 is 0 Å². The Balaban J connectivity index is 1.85. The van der Waals surface area contributed by atoms with Crippen molar-refractivity contribution in [1.82, 2.24) is 5.32 Å². The van der Waals surface area contributed by atoms with Crippen LogP contribution < -0.4 is 5.32 Å². The number of Topliss-reactive ketones (excluding diaryl/α,β-unsaturated/α-hetero) is 1. The third-order valence-corrected chi connectivity index (χ3v) is 3.97. The highest BCUT2D eigenvalue weighted by atomic mass is 16.1. The first-order chi connectivity index (χ1) is 6.77. The Hall–Kier alpha value is -0.370. The van der Waals surface area contributed by atoms with Crippen LogP contribution in [-0.4, -0.2) is 18.4 Å². The first-order valence-electron chi connectivity index (χ1n) is 6.01. The molecule has 1 aliphatic carbocycles. The van der Waals surface area contributed by atoms with E-state index in [1.54, 1.807) is 6.92 Å². The molecule has 0 aromatic rings. The summed E-state index contributed by atoms with van der Waals surface area (Å²) < 4.78 is 0. The molecule has 2 atom stereocenters. The van der Waals surface area contributed by atoms with Crippen LogP contribution in [0.4, 0.5) is 0 Å². The lowest BCUT2D eigenvalue weighted by Gasteiger charge is -2.26. The van der Waals surface area contributed by atoms with Crippen LogP contribution in [-0.2, 0) is 4.79 Å². The standard InChI is InChI=1S/C12H21NO/c1-9(14)12-7-11(8-13-12)10-5-3-2-4-6-10/h10-13H,2-8H2,1H3. The third kappa shape index (κ3) is 2.17. The van der Waals surface area contributed by atoms with Crippen molar-refractivity contribution >= 4 is 5.78 Å². The fourth-order valence-corrected chi connectivity index (χ4v) is 3.04. The van der Waals surface area contributed by atoms with Crippen molar-refractivity contribution in [3.8, 4) is 0 Å². The van der Waals surface area contributed by atoms with E-state index in [-0.39, 0.29) is 6.04 Å². The molecule has 14 heavy (non-hydrogen) atoms. The molecule has 2 fully saturated rings. The van der Waals surface area contributed by atoms with E-state index in [9.17, 15) is 4.79 Å². The SMILES string of the molecule is CC(=O)C1CC(C2CCCCC2)CN1. The van der Waals surface area contributed by atoms with Gasteiger partial charge in [0, 0.05) is 0 Å². The van der Waals surface area contributed by atoms with Gasteiger partial charge in [0.25, 0.3) is 0 Å². The van der Waals surface area contributed by atoms with Gasteiger partial charge in [0.15, 0.2) is 0 Å². The second-order valence-corrected chi connectivity index (χ2v) is 4.97. The van der Waals surface area contributed by atoms with Gasteiger partial charge < -0.3 is 5.32 Å². The summed E-state index contributed by atoms with van der Waals surface area (Å²) in [6, 6.07) is 0.168. The zero-order valence-electron chi connectivity index (χ0n) is 9.09. The molecule has 1 saturated carbocycles. The fraction of sp³-hybridized carbons (Fsp3) is 0.917. The number of carbonyl (C=O) groups is 1. The first kappa shape index (κ1) is 10.2. The lowest BCUT2D eigenvalue weighted by molar-refractivity contribution is -0.118. The van der Waals surface area contributed by atoms with E-state index < -0.39 is 0 Å². The molecule has 0 bridgehead atoms. The molecule has 0 spiro atoms. The monoisotopic (exact) mass is 195 g/mol. The van der Waals surface area contributed by atoms with Crippen LogP contribution in [0.25, 0.3) is 0 Å². The summed E-state index contributed by atoms with van der Waals surface area (Å²) in [5.74, 6) is 2.01. The van der Waals surface area contributed by atoms with Crippen molar-refractivity contribution in [1.29, 1.82) is 0 Å². The van der Waals surface area contributed by atoms with Crippen LogP contribution in [0.2, 0.25) is 0 Å². The van der Waals surface area contributed by atoms with E-state index in [2.05, 4.69) is 5.32 Å². The van der Waals surface area contributed by atoms with Gasteiger partial charge in [-0.25, -0.2) is 0 Å². The smallest absolute Gasteiger partial charge is 0.146 e. The molecule has 2 nitrogen and oxygen atoms in total. The number of nitrogens with one attached hydrogen (secondary N) is 1. The Morgan fingerprint density at radius 1 is 1.14 bits per heavy atom. The topological polar surface area (TPSA) is 29.1 Å². The second-order valence-electron chi connectivity index (χ2n) is 4.97. The molecule has 80 valence electrons. The van der Waals surface area contributed by atoms with Gasteiger partial charge in [-0.05, 0) is 31.7 Å². The summed E-state index contributed by atoms with van der Waals surface area (Å²) in [5, 5.41) is 3.35. The number of rotatable bonds is 2. The fourth-order valence-electron chi connectivity index (χ4n) is 3.04. The summed E-state index contributed by atoms with van der Waals surface area (Å²) in [6.45, 7) is 2.79. The zero-order chi connectivity index (χ0) is 9.97. The molecule has 1 N–H and O–H groups in total. The van der Waals surface area contributed by atoms with E-state index in [4.69, 9.17) is 0 Å². The number of hydrogen-bond acceptors (Lipinski definition) is 2. The number of ketones is 1. The van der Waals surface area contributed by atoms with Gasteiger partial charge in [-0.1, -0.05) is 32.1 Å². The Bertz CT molecular complexity index is 208. The Labute approximate surface area is 86.5 Å². The van der Waals surface area contributed by atoms with Crippen molar-refractivity contribution < 1.29 is 4.79 Å². The predicted molar refractivity (Wildman–Crippen MR) is 57.2 cm³/mol. The molecule has 0 aromatic carbocycles. The van der Waals surface area contributed by atoms with E-state index in [0.717, 1.165) is 24.8 Å². The van der Waals surface area contributed by atoms with Crippen molar-refractivity contribution in [2.45, 2.75) is 51.5 Å². The quantitative estimate of drug-likeness (QED) is 0.731. The highest BCUT2D eigenvalue weighted by molar-refractivity contribution is 5.81. The van der Waals surface area contributed by atoms with Gasteiger partial charge in [-0.3, -0.25) is 4.79 Å². The van der Waals surface area contributed by atoms with E-state index in [1.807, 2.05) is 0 Å². The average molecular weight is 195 g/mol. The van der Waals surface area contributed by atoms with Gasteiger partial charge in [-0.15, -0.1) is 0 Å². The van der Waals surface area contributed by atoms with Crippen LogP contribution in [0, 0.1) is 11.8 Å². The maximum Gasteiger partial charge on any atom is 0.146 e. The molecular weight excluding hydrogens is 174 g/mol. The van der Waals surface area contributed by atoms with Gasteiger partial charge in [0.2, 0.25) is 0 Å². The van der Waals surface area contributed by atoms with Crippen LogP contribution in [0.15, 0.2) is 0 Å². The third-order valence-electron chi connectivity index (χ3n) is 3.97. The van der Waals surface area contributed by atoms with Crippen molar-refractivity contribution in [3.05, 3.63) is 0 Å². The van der Waals surface area contributed by atoms with Gasteiger partial charge in [0.05, 0.1) is 6.04 Å². The molecule has 2 rings (SSSR count). The molecule has 0 aromatic heterocycles. The van der Waals surface area contributed by atoms with Crippen molar-refractivity contribution in [3.63, 3.8) is 0 Å². The molecule has 2 unspecified atom stereocenters. The highest BCUT2D eigenvalue weighted by Gasteiger charge is 2.32. The van der Waals surface area contributed by atoms with E-state index in [1.165, 1.54) is 32.1 Å². The largest absolute Gasteiger partial charge is 0.307 e. The highest BCUT2D eigenvalue weighted by Crippen LogP contribution is 2.34. The summed E-state index contributed by atoms with van der Waals surface area (Å²) in [5.41, 5.74) is 0. The van der Waals surface area contributed by atoms with Gasteiger partial charge >= 0.3 is 0 Å². The number of hydrogen-bond donors (Lipinski definition) is 1. The Morgan fingerprint density at radius 2 is 1.86 bits per heavy atom. The van der Waals surface area contributed by atoms with E-state index >= 15 is 0 Å². The van der Waals surface area contributed by atoms with Gasteiger partial charge in [0.1, 0.15) is 5.78 Å².